The first-order valence-corrected chi connectivity index (χ1v) is 7.44. The number of ether oxygens (including phenoxy) is 2. The summed E-state index contributed by atoms with van der Waals surface area (Å²) in [5.41, 5.74) is 0.474. The molecule has 0 aliphatic carbocycles. The molecule has 18 heavy (non-hydrogen) atoms. The van der Waals surface area contributed by atoms with Gasteiger partial charge in [0.25, 0.3) is 0 Å². The van der Waals surface area contributed by atoms with E-state index in [0.29, 0.717) is 11.5 Å². The number of hydrogen-bond acceptors (Lipinski definition) is 3. The molecule has 2 heterocycles. The summed E-state index contributed by atoms with van der Waals surface area (Å²) in [7, 11) is 0. The molecule has 0 bridgehead atoms. The van der Waals surface area contributed by atoms with Crippen molar-refractivity contribution in [2.24, 2.45) is 5.41 Å². The van der Waals surface area contributed by atoms with Crippen LogP contribution in [0, 0.1) is 5.41 Å². The Morgan fingerprint density at radius 1 is 1.22 bits per heavy atom. The normalized spacial score (nSPS) is 33.8. The molecule has 0 amide bonds. The van der Waals surface area contributed by atoms with Crippen molar-refractivity contribution in [2.45, 2.75) is 64.5 Å². The molecule has 0 aromatic heterocycles. The highest BCUT2D eigenvalue weighted by Crippen LogP contribution is 2.36. The van der Waals surface area contributed by atoms with E-state index in [1.165, 1.54) is 25.7 Å². The van der Waals surface area contributed by atoms with Gasteiger partial charge in [0.1, 0.15) is 0 Å². The molecule has 2 unspecified atom stereocenters. The maximum Gasteiger partial charge on any atom is 0.0582 e. The van der Waals surface area contributed by atoms with Crippen LogP contribution in [0.2, 0.25) is 0 Å². The Hall–Kier alpha value is -0.120. The highest BCUT2D eigenvalue weighted by Gasteiger charge is 2.37. The zero-order valence-electron chi connectivity index (χ0n) is 12.3. The summed E-state index contributed by atoms with van der Waals surface area (Å²) in [5.74, 6) is 0. The minimum atomic E-state index is 0.182. The van der Waals surface area contributed by atoms with Gasteiger partial charge in [-0.2, -0.15) is 0 Å². The minimum Gasteiger partial charge on any atom is -0.381 e. The minimum absolute atomic E-state index is 0.182. The Kier molecular flexibility index (Phi) is 4.68. The van der Waals surface area contributed by atoms with Gasteiger partial charge >= 0.3 is 0 Å². The molecule has 0 saturated carbocycles. The van der Waals surface area contributed by atoms with Crippen LogP contribution in [0.25, 0.3) is 0 Å². The van der Waals surface area contributed by atoms with Gasteiger partial charge in [0, 0.05) is 30.7 Å². The summed E-state index contributed by atoms with van der Waals surface area (Å²) in [4.78, 5) is 0. The molecule has 3 heteroatoms. The third-order valence-electron chi connectivity index (χ3n) is 4.08. The lowest BCUT2D eigenvalue weighted by molar-refractivity contribution is -0.0412. The maximum absolute atomic E-state index is 5.83. The maximum atomic E-state index is 5.83. The van der Waals surface area contributed by atoms with E-state index in [9.17, 15) is 0 Å². The van der Waals surface area contributed by atoms with E-state index < -0.39 is 0 Å². The van der Waals surface area contributed by atoms with Crippen LogP contribution < -0.4 is 5.32 Å². The van der Waals surface area contributed by atoms with Crippen LogP contribution in [0.3, 0.4) is 0 Å². The molecule has 0 spiro atoms. The predicted octanol–water partition coefficient (Wildman–Crippen LogP) is 2.74. The van der Waals surface area contributed by atoms with Crippen LogP contribution in [0.15, 0.2) is 0 Å². The van der Waals surface area contributed by atoms with Gasteiger partial charge < -0.3 is 14.8 Å². The first kappa shape index (κ1) is 14.3. The van der Waals surface area contributed by atoms with E-state index in [1.807, 2.05) is 0 Å². The fraction of sp³-hybridized carbons (Fsp3) is 1.00. The first-order chi connectivity index (χ1) is 8.49. The van der Waals surface area contributed by atoms with Gasteiger partial charge in [-0.05, 0) is 52.9 Å². The molecule has 3 nitrogen and oxygen atoms in total. The molecule has 0 radical (unpaired) electrons. The first-order valence-electron chi connectivity index (χ1n) is 7.44. The second-order valence-corrected chi connectivity index (χ2v) is 7.10. The topological polar surface area (TPSA) is 30.5 Å². The lowest BCUT2D eigenvalue weighted by Gasteiger charge is -2.40. The number of nitrogens with one attached hydrogen (secondary N) is 1. The molecule has 2 atom stereocenters. The molecular formula is C15H29NO2. The predicted molar refractivity (Wildman–Crippen MR) is 73.8 cm³/mol. The molecule has 0 aromatic carbocycles. The van der Waals surface area contributed by atoms with Gasteiger partial charge in [0.2, 0.25) is 0 Å². The van der Waals surface area contributed by atoms with Gasteiger partial charge in [0.15, 0.2) is 0 Å². The quantitative estimate of drug-likeness (QED) is 0.838. The van der Waals surface area contributed by atoms with Gasteiger partial charge in [-0.25, -0.2) is 0 Å². The SMILES string of the molecule is CC(C)(C)NCC1(CC2CCCO2)CCCOC1. The summed E-state index contributed by atoms with van der Waals surface area (Å²) >= 11 is 0. The third-order valence-corrected chi connectivity index (χ3v) is 4.08. The van der Waals surface area contributed by atoms with Crippen LogP contribution in [-0.2, 0) is 9.47 Å². The Bertz CT molecular complexity index is 248. The van der Waals surface area contributed by atoms with Gasteiger partial charge in [-0.15, -0.1) is 0 Å². The van der Waals surface area contributed by atoms with E-state index in [2.05, 4.69) is 26.1 Å². The summed E-state index contributed by atoms with van der Waals surface area (Å²) < 4.78 is 11.6. The molecule has 106 valence electrons. The molecule has 2 rings (SSSR count). The van der Waals surface area contributed by atoms with Crippen molar-refractivity contribution in [3.05, 3.63) is 0 Å². The Balaban J connectivity index is 1.93. The number of hydrogen-bond donors (Lipinski definition) is 1. The van der Waals surface area contributed by atoms with Gasteiger partial charge in [-0.1, -0.05) is 0 Å². The zero-order valence-corrected chi connectivity index (χ0v) is 12.3. The zero-order chi connectivity index (χ0) is 13.1. The molecule has 2 aliphatic heterocycles. The van der Waals surface area contributed by atoms with Gasteiger partial charge in [-0.3, -0.25) is 0 Å². The Morgan fingerprint density at radius 3 is 2.61 bits per heavy atom. The summed E-state index contributed by atoms with van der Waals surface area (Å²) in [6, 6.07) is 0. The van der Waals surface area contributed by atoms with Crippen molar-refractivity contribution >= 4 is 0 Å². The van der Waals surface area contributed by atoms with Crippen molar-refractivity contribution in [1.82, 2.24) is 5.32 Å². The lowest BCUT2D eigenvalue weighted by atomic mass is 9.76. The summed E-state index contributed by atoms with van der Waals surface area (Å²) in [6.45, 7) is 10.5. The largest absolute Gasteiger partial charge is 0.381 e. The summed E-state index contributed by atoms with van der Waals surface area (Å²) in [5, 5.41) is 3.67. The van der Waals surface area contributed by atoms with Crippen molar-refractivity contribution in [3.63, 3.8) is 0 Å². The fourth-order valence-electron chi connectivity index (χ4n) is 3.02. The third kappa shape index (κ3) is 4.22. The second kappa shape index (κ2) is 5.89. The molecule has 2 aliphatic rings. The van der Waals surface area contributed by atoms with Crippen LogP contribution in [-0.4, -0.2) is 38.0 Å². The lowest BCUT2D eigenvalue weighted by Crippen LogP contribution is -2.48. The van der Waals surface area contributed by atoms with Crippen molar-refractivity contribution in [2.75, 3.05) is 26.4 Å². The van der Waals surface area contributed by atoms with E-state index in [-0.39, 0.29) is 5.54 Å². The highest BCUT2D eigenvalue weighted by molar-refractivity contribution is 4.89. The smallest absolute Gasteiger partial charge is 0.0582 e. The summed E-state index contributed by atoms with van der Waals surface area (Å²) in [6.07, 6.45) is 6.56. The second-order valence-electron chi connectivity index (χ2n) is 7.10. The van der Waals surface area contributed by atoms with E-state index in [0.717, 1.165) is 32.8 Å². The average molecular weight is 255 g/mol. The molecule has 1 N–H and O–H groups in total. The van der Waals surface area contributed by atoms with Crippen molar-refractivity contribution in [3.8, 4) is 0 Å². The molecule has 2 fully saturated rings. The van der Waals surface area contributed by atoms with Crippen molar-refractivity contribution < 1.29 is 9.47 Å². The van der Waals surface area contributed by atoms with E-state index >= 15 is 0 Å². The fourth-order valence-corrected chi connectivity index (χ4v) is 3.02. The van der Waals surface area contributed by atoms with Crippen LogP contribution in [0.1, 0.15) is 52.9 Å². The molecular weight excluding hydrogens is 226 g/mol. The van der Waals surface area contributed by atoms with E-state index in [1.54, 1.807) is 0 Å². The Morgan fingerprint density at radius 2 is 2.06 bits per heavy atom. The van der Waals surface area contributed by atoms with Crippen molar-refractivity contribution in [1.29, 1.82) is 0 Å². The monoisotopic (exact) mass is 255 g/mol. The number of rotatable bonds is 4. The standard InChI is InChI=1S/C15H29NO2/c1-14(2,3)16-11-15(7-5-8-17-12-15)10-13-6-4-9-18-13/h13,16H,4-12H2,1-3H3. The van der Waals surface area contributed by atoms with Crippen LogP contribution in [0.5, 0.6) is 0 Å². The van der Waals surface area contributed by atoms with Crippen LogP contribution in [0.4, 0.5) is 0 Å². The van der Waals surface area contributed by atoms with Crippen LogP contribution >= 0.6 is 0 Å². The average Bonchev–Trinajstić information content (AvgIpc) is 2.80. The Labute approximate surface area is 112 Å². The highest BCUT2D eigenvalue weighted by atomic mass is 16.5. The molecule has 0 aromatic rings. The van der Waals surface area contributed by atoms with E-state index in [4.69, 9.17) is 9.47 Å². The van der Waals surface area contributed by atoms with Gasteiger partial charge in [0.05, 0.1) is 12.7 Å². The molecule has 2 saturated heterocycles.